The van der Waals surface area contributed by atoms with Crippen LogP contribution in [0.5, 0.6) is 5.75 Å². The van der Waals surface area contributed by atoms with Crippen LogP contribution >= 0.6 is 11.6 Å². The molecule has 1 amide bonds. The molecule has 0 unspecified atom stereocenters. The van der Waals surface area contributed by atoms with Crippen molar-refractivity contribution in [1.82, 2.24) is 29.7 Å². The molecule has 4 aromatic rings. The standard InChI is InChI=1S/C29H31ClFN7O4/c1-29(2,3)42-28(40)37-12-10-36(11-13-37)25-15-19(8-9-32-25)22-17-20(31)16-21(26(22)41-5)18-6-7-24(23(30)14-18)38-27(39)35(4)33-34-38/h6-9,14-17H,10-13H2,1-5H3. The minimum atomic E-state index is -0.559. The number of amides is 1. The second kappa shape index (κ2) is 11.4. The number of anilines is 1. The number of ether oxygens (including phenoxy) is 2. The quantitative estimate of drug-likeness (QED) is 0.331. The number of hydrogen-bond donors (Lipinski definition) is 0. The number of carbonyl (C=O) groups excluding carboxylic acids is 1. The molecule has 0 saturated carbocycles. The minimum Gasteiger partial charge on any atom is -0.495 e. The molecular formula is C29H31ClFN7O4. The van der Waals surface area contributed by atoms with Gasteiger partial charge in [-0.05, 0) is 78.7 Å². The Kier molecular flexibility index (Phi) is 7.91. The van der Waals surface area contributed by atoms with Crippen LogP contribution in [0.4, 0.5) is 15.0 Å². The van der Waals surface area contributed by atoms with E-state index in [1.54, 1.807) is 35.4 Å². The Morgan fingerprint density at radius 2 is 1.64 bits per heavy atom. The zero-order valence-corrected chi connectivity index (χ0v) is 24.7. The maximum absolute atomic E-state index is 15.1. The minimum absolute atomic E-state index is 0.236. The molecule has 1 aliphatic heterocycles. The Morgan fingerprint density at radius 1 is 0.976 bits per heavy atom. The third-order valence-electron chi connectivity index (χ3n) is 6.78. The molecular weight excluding hydrogens is 565 g/mol. The highest BCUT2D eigenvalue weighted by molar-refractivity contribution is 6.32. The van der Waals surface area contributed by atoms with Gasteiger partial charge in [-0.15, -0.1) is 0 Å². The second-order valence-electron chi connectivity index (χ2n) is 10.9. The monoisotopic (exact) mass is 595 g/mol. The molecule has 0 bridgehead atoms. The summed E-state index contributed by atoms with van der Waals surface area (Å²) in [5.41, 5.74) is 1.66. The van der Waals surface area contributed by atoms with Gasteiger partial charge in [0.2, 0.25) is 0 Å². The van der Waals surface area contributed by atoms with E-state index in [1.165, 1.54) is 26.3 Å². The van der Waals surface area contributed by atoms with Gasteiger partial charge in [0.05, 0.1) is 17.8 Å². The van der Waals surface area contributed by atoms with Crippen molar-refractivity contribution in [3.63, 3.8) is 0 Å². The molecule has 1 aliphatic rings. The third kappa shape index (κ3) is 5.94. The molecule has 42 heavy (non-hydrogen) atoms. The maximum atomic E-state index is 15.1. The highest BCUT2D eigenvalue weighted by Gasteiger charge is 2.27. The molecule has 11 nitrogen and oxygen atoms in total. The molecule has 2 aromatic carbocycles. The van der Waals surface area contributed by atoms with E-state index in [0.717, 1.165) is 9.36 Å². The van der Waals surface area contributed by atoms with E-state index in [9.17, 15) is 9.59 Å². The Labute approximate surface area is 247 Å². The smallest absolute Gasteiger partial charge is 0.410 e. The van der Waals surface area contributed by atoms with Gasteiger partial charge in [-0.2, -0.15) is 9.36 Å². The number of carbonyl (C=O) groups is 1. The normalized spacial score (nSPS) is 13.8. The summed E-state index contributed by atoms with van der Waals surface area (Å²) in [7, 11) is 3.01. The van der Waals surface area contributed by atoms with Crippen LogP contribution in [0.1, 0.15) is 20.8 Å². The SMILES string of the molecule is COc1c(-c2ccnc(N3CCN(C(=O)OC(C)(C)C)CC3)c2)cc(F)cc1-c1ccc(-n2nnn(C)c2=O)c(Cl)c1. The average Bonchev–Trinajstić information content (AvgIpc) is 3.29. The van der Waals surface area contributed by atoms with E-state index >= 15 is 4.39 Å². The van der Waals surface area contributed by atoms with Crippen molar-refractivity contribution in [2.45, 2.75) is 26.4 Å². The summed E-state index contributed by atoms with van der Waals surface area (Å²) >= 11 is 6.54. The maximum Gasteiger partial charge on any atom is 0.410 e. The summed E-state index contributed by atoms with van der Waals surface area (Å²) in [5.74, 6) is 0.685. The van der Waals surface area contributed by atoms with Crippen molar-refractivity contribution in [1.29, 1.82) is 0 Å². The molecule has 0 spiro atoms. The zero-order chi connectivity index (χ0) is 30.2. The number of nitrogens with zero attached hydrogens (tertiary/aromatic N) is 7. The predicted octanol–water partition coefficient (Wildman–Crippen LogP) is 4.55. The number of benzene rings is 2. The Hall–Kier alpha value is -4.45. The molecule has 5 rings (SSSR count). The first-order valence-electron chi connectivity index (χ1n) is 13.3. The van der Waals surface area contributed by atoms with Gasteiger partial charge in [0.25, 0.3) is 0 Å². The molecule has 0 atom stereocenters. The number of methoxy groups -OCH3 is 1. The van der Waals surface area contributed by atoms with E-state index in [1.807, 2.05) is 26.8 Å². The molecule has 0 radical (unpaired) electrons. The summed E-state index contributed by atoms with van der Waals surface area (Å²) in [4.78, 5) is 33.1. The van der Waals surface area contributed by atoms with Gasteiger partial charge < -0.3 is 19.3 Å². The number of rotatable bonds is 5. The van der Waals surface area contributed by atoms with Gasteiger partial charge in [0.1, 0.15) is 23.0 Å². The summed E-state index contributed by atoms with van der Waals surface area (Å²) < 4.78 is 28.6. The van der Waals surface area contributed by atoms with Crippen LogP contribution in [0.3, 0.4) is 0 Å². The number of aromatic nitrogens is 5. The van der Waals surface area contributed by atoms with Gasteiger partial charge in [-0.3, -0.25) is 0 Å². The van der Waals surface area contributed by atoms with Gasteiger partial charge in [-0.1, -0.05) is 17.7 Å². The summed E-state index contributed by atoms with van der Waals surface area (Å²) in [6.07, 6.45) is 1.33. The van der Waals surface area contributed by atoms with E-state index in [0.29, 0.717) is 65.7 Å². The highest BCUT2D eigenvalue weighted by Crippen LogP contribution is 2.41. The fourth-order valence-electron chi connectivity index (χ4n) is 4.76. The van der Waals surface area contributed by atoms with Gasteiger partial charge >= 0.3 is 11.8 Å². The number of tetrazole rings is 1. The van der Waals surface area contributed by atoms with Gasteiger partial charge in [-0.25, -0.2) is 19.0 Å². The molecule has 0 N–H and O–H groups in total. The molecule has 220 valence electrons. The number of pyridine rings is 1. The Morgan fingerprint density at radius 3 is 2.21 bits per heavy atom. The third-order valence-corrected chi connectivity index (χ3v) is 7.08. The van der Waals surface area contributed by atoms with Crippen LogP contribution in [0.2, 0.25) is 5.02 Å². The number of aryl methyl sites for hydroxylation is 1. The number of piperazine rings is 1. The summed E-state index contributed by atoms with van der Waals surface area (Å²) in [5, 5.41) is 7.79. The van der Waals surface area contributed by atoms with Crippen LogP contribution in [0.15, 0.2) is 53.5 Å². The van der Waals surface area contributed by atoms with Gasteiger partial charge in [0, 0.05) is 50.6 Å². The van der Waals surface area contributed by atoms with Crippen molar-refractivity contribution < 1.29 is 18.7 Å². The first-order chi connectivity index (χ1) is 19.9. The highest BCUT2D eigenvalue weighted by atomic mass is 35.5. The van der Waals surface area contributed by atoms with E-state index in [-0.39, 0.29) is 11.1 Å². The zero-order valence-electron chi connectivity index (χ0n) is 24.0. The van der Waals surface area contributed by atoms with Crippen molar-refractivity contribution in [3.8, 4) is 33.7 Å². The van der Waals surface area contributed by atoms with E-state index < -0.39 is 17.1 Å². The van der Waals surface area contributed by atoms with Crippen molar-refractivity contribution >= 4 is 23.5 Å². The molecule has 3 heterocycles. The molecule has 0 aliphatic carbocycles. The lowest BCUT2D eigenvalue weighted by atomic mass is 9.97. The molecule has 2 aromatic heterocycles. The van der Waals surface area contributed by atoms with Crippen molar-refractivity contribution in [2.24, 2.45) is 7.05 Å². The van der Waals surface area contributed by atoms with Gasteiger partial charge in [0.15, 0.2) is 0 Å². The predicted molar refractivity (Wildman–Crippen MR) is 157 cm³/mol. The van der Waals surface area contributed by atoms with Crippen LogP contribution in [-0.4, -0.2) is 74.7 Å². The van der Waals surface area contributed by atoms with Crippen LogP contribution in [0, 0.1) is 5.82 Å². The van der Waals surface area contributed by atoms with Crippen LogP contribution < -0.4 is 15.3 Å². The summed E-state index contributed by atoms with van der Waals surface area (Å²) in [6.45, 7) is 7.65. The molecule has 13 heteroatoms. The lowest BCUT2D eigenvalue weighted by Gasteiger charge is -2.36. The number of hydrogen-bond acceptors (Lipinski definition) is 8. The number of halogens is 2. The molecule has 1 saturated heterocycles. The first kappa shape index (κ1) is 29.1. The van der Waals surface area contributed by atoms with E-state index in [2.05, 4.69) is 20.3 Å². The fourth-order valence-corrected chi connectivity index (χ4v) is 5.02. The Balaban J connectivity index is 1.43. The topological polar surface area (TPSA) is 108 Å². The van der Waals surface area contributed by atoms with Crippen LogP contribution in [-0.2, 0) is 11.8 Å². The largest absolute Gasteiger partial charge is 0.495 e. The first-order valence-corrected chi connectivity index (χ1v) is 13.7. The average molecular weight is 596 g/mol. The molecule has 1 fully saturated rings. The van der Waals surface area contributed by atoms with Crippen molar-refractivity contribution in [2.75, 3.05) is 38.2 Å². The van der Waals surface area contributed by atoms with Crippen LogP contribution in [0.25, 0.3) is 27.9 Å². The Bertz CT molecular complexity index is 1690. The second-order valence-corrected chi connectivity index (χ2v) is 11.3. The summed E-state index contributed by atoms with van der Waals surface area (Å²) in [6, 6.07) is 11.4. The lowest BCUT2D eigenvalue weighted by Crippen LogP contribution is -2.50. The fraction of sp³-hybridized carbons (Fsp3) is 0.345. The van der Waals surface area contributed by atoms with E-state index in [4.69, 9.17) is 21.1 Å². The van der Waals surface area contributed by atoms with Crippen molar-refractivity contribution in [3.05, 3.63) is 70.0 Å². The lowest BCUT2D eigenvalue weighted by molar-refractivity contribution is 0.0240.